The monoisotopic (exact) mass is 288 g/mol. The van der Waals surface area contributed by atoms with E-state index in [1.807, 2.05) is 6.07 Å². The third-order valence-electron chi connectivity index (χ3n) is 2.74. The van der Waals surface area contributed by atoms with E-state index in [-0.39, 0.29) is 0 Å². The minimum atomic E-state index is -1.25. The largest absolute Gasteiger partial charge is 0.324 e. The Labute approximate surface area is 121 Å². The number of carbonyl (C=O) groups excluding carboxylic acids is 2. The van der Waals surface area contributed by atoms with Gasteiger partial charge < -0.3 is 11.1 Å². The van der Waals surface area contributed by atoms with Crippen LogP contribution in [-0.4, -0.2) is 17.7 Å². The average Bonchev–Trinajstić information content (AvgIpc) is 2.47. The van der Waals surface area contributed by atoms with Crippen molar-refractivity contribution in [1.82, 2.24) is 0 Å². The van der Waals surface area contributed by atoms with Crippen molar-refractivity contribution in [2.24, 2.45) is 5.73 Å². The number of hydrogen-bond donors (Lipinski definition) is 2. The molecule has 0 bridgehead atoms. The second kappa shape index (κ2) is 6.32. The Bertz CT molecular complexity index is 612. The van der Waals surface area contributed by atoms with Crippen LogP contribution in [0.1, 0.15) is 10.4 Å². The summed E-state index contributed by atoms with van der Waals surface area (Å²) in [7, 11) is 0. The number of benzene rings is 2. The molecule has 0 fully saturated rings. The number of carbonyl (C=O) groups is 2. The zero-order chi connectivity index (χ0) is 14.5. The number of hydrogen-bond acceptors (Lipinski definition) is 3. The number of amides is 1. The molecule has 1 unspecified atom stereocenters. The number of rotatable bonds is 4. The number of anilines is 1. The standard InChI is InChI=1S/C15H13ClN2O2/c16-11-8-6-10(7-9-11)14(19)13(17)15(20)18-12-4-2-1-3-5-12/h1-9,13H,17H2,(H,18,20). The highest BCUT2D eigenvalue weighted by Crippen LogP contribution is 2.12. The van der Waals surface area contributed by atoms with E-state index in [9.17, 15) is 9.59 Å². The number of nitrogens with one attached hydrogen (secondary N) is 1. The van der Waals surface area contributed by atoms with E-state index in [2.05, 4.69) is 5.32 Å². The van der Waals surface area contributed by atoms with Gasteiger partial charge in [0.25, 0.3) is 0 Å². The van der Waals surface area contributed by atoms with Crippen LogP contribution in [0.15, 0.2) is 54.6 Å². The number of ketones is 1. The molecule has 0 aromatic heterocycles. The molecule has 0 heterocycles. The SMILES string of the molecule is NC(C(=O)Nc1ccccc1)C(=O)c1ccc(Cl)cc1. The first-order valence-electron chi connectivity index (χ1n) is 5.99. The molecule has 0 radical (unpaired) electrons. The molecule has 5 heteroatoms. The van der Waals surface area contributed by atoms with Gasteiger partial charge in [0.2, 0.25) is 5.91 Å². The van der Waals surface area contributed by atoms with Gasteiger partial charge in [0, 0.05) is 16.3 Å². The first kappa shape index (κ1) is 14.2. The number of halogens is 1. The Morgan fingerprint density at radius 2 is 1.60 bits per heavy atom. The van der Waals surface area contributed by atoms with E-state index < -0.39 is 17.7 Å². The van der Waals surface area contributed by atoms with Gasteiger partial charge in [-0.3, -0.25) is 9.59 Å². The number of para-hydroxylation sites is 1. The van der Waals surface area contributed by atoms with Crippen molar-refractivity contribution in [1.29, 1.82) is 0 Å². The van der Waals surface area contributed by atoms with Crippen LogP contribution in [0.25, 0.3) is 0 Å². The summed E-state index contributed by atoms with van der Waals surface area (Å²) in [5.74, 6) is -0.994. The lowest BCUT2D eigenvalue weighted by atomic mass is 10.0. The predicted molar refractivity (Wildman–Crippen MR) is 78.8 cm³/mol. The van der Waals surface area contributed by atoms with Crippen LogP contribution < -0.4 is 11.1 Å². The topological polar surface area (TPSA) is 72.2 Å². The summed E-state index contributed by atoms with van der Waals surface area (Å²) in [6, 6.07) is 13.8. The summed E-state index contributed by atoms with van der Waals surface area (Å²) < 4.78 is 0. The molecule has 0 aliphatic rings. The second-order valence-electron chi connectivity index (χ2n) is 4.20. The minimum Gasteiger partial charge on any atom is -0.324 e. The van der Waals surface area contributed by atoms with Crippen molar-refractivity contribution in [2.75, 3.05) is 5.32 Å². The molecule has 2 aromatic rings. The first-order valence-corrected chi connectivity index (χ1v) is 6.37. The normalized spacial score (nSPS) is 11.7. The smallest absolute Gasteiger partial charge is 0.249 e. The van der Waals surface area contributed by atoms with Gasteiger partial charge in [-0.05, 0) is 36.4 Å². The zero-order valence-corrected chi connectivity index (χ0v) is 11.3. The van der Waals surface area contributed by atoms with Crippen LogP contribution in [-0.2, 0) is 4.79 Å². The quantitative estimate of drug-likeness (QED) is 0.670. The summed E-state index contributed by atoms with van der Waals surface area (Å²) in [5, 5.41) is 3.11. The van der Waals surface area contributed by atoms with Gasteiger partial charge in [-0.2, -0.15) is 0 Å². The molecule has 2 aromatic carbocycles. The van der Waals surface area contributed by atoms with Gasteiger partial charge >= 0.3 is 0 Å². The van der Waals surface area contributed by atoms with Crippen LogP contribution in [0, 0.1) is 0 Å². The number of Topliss-reactive ketones (excluding diaryl/α,β-unsaturated/α-hetero) is 1. The van der Waals surface area contributed by atoms with Crippen molar-refractivity contribution >= 4 is 29.0 Å². The molecule has 102 valence electrons. The molecule has 0 saturated heterocycles. The molecule has 0 saturated carbocycles. The van der Waals surface area contributed by atoms with Crippen LogP contribution >= 0.6 is 11.6 Å². The van der Waals surface area contributed by atoms with Gasteiger partial charge in [-0.1, -0.05) is 29.8 Å². The maximum absolute atomic E-state index is 12.1. The van der Waals surface area contributed by atoms with E-state index in [4.69, 9.17) is 17.3 Å². The highest BCUT2D eigenvalue weighted by Gasteiger charge is 2.23. The van der Waals surface area contributed by atoms with Gasteiger partial charge in [-0.25, -0.2) is 0 Å². The van der Waals surface area contributed by atoms with E-state index in [0.717, 1.165) is 0 Å². The van der Waals surface area contributed by atoms with Crippen LogP contribution in [0.2, 0.25) is 5.02 Å². The summed E-state index contributed by atoms with van der Waals surface area (Å²) in [6.07, 6.45) is 0. The third-order valence-corrected chi connectivity index (χ3v) is 2.99. The Morgan fingerprint density at radius 3 is 2.20 bits per heavy atom. The molecule has 2 rings (SSSR count). The van der Waals surface area contributed by atoms with Crippen molar-refractivity contribution < 1.29 is 9.59 Å². The minimum absolute atomic E-state index is 0.352. The molecular formula is C15H13ClN2O2. The van der Waals surface area contributed by atoms with Crippen molar-refractivity contribution in [3.63, 3.8) is 0 Å². The van der Waals surface area contributed by atoms with Gasteiger partial charge in [0.1, 0.15) is 6.04 Å². The average molecular weight is 289 g/mol. The van der Waals surface area contributed by atoms with E-state index in [0.29, 0.717) is 16.3 Å². The molecule has 0 spiro atoms. The molecular weight excluding hydrogens is 276 g/mol. The van der Waals surface area contributed by atoms with Crippen molar-refractivity contribution in [3.8, 4) is 0 Å². The Balaban J connectivity index is 2.06. The van der Waals surface area contributed by atoms with Crippen molar-refractivity contribution in [3.05, 3.63) is 65.2 Å². The van der Waals surface area contributed by atoms with Crippen LogP contribution in [0.3, 0.4) is 0 Å². The van der Waals surface area contributed by atoms with E-state index >= 15 is 0 Å². The first-order chi connectivity index (χ1) is 9.58. The van der Waals surface area contributed by atoms with E-state index in [1.165, 1.54) is 0 Å². The number of nitrogens with two attached hydrogens (primary N) is 1. The van der Waals surface area contributed by atoms with Gasteiger partial charge in [-0.15, -0.1) is 0 Å². The van der Waals surface area contributed by atoms with Crippen LogP contribution in [0.4, 0.5) is 5.69 Å². The van der Waals surface area contributed by atoms with Crippen molar-refractivity contribution in [2.45, 2.75) is 6.04 Å². The summed E-state index contributed by atoms with van der Waals surface area (Å²) in [6.45, 7) is 0. The lowest BCUT2D eigenvalue weighted by Crippen LogP contribution is -2.42. The highest BCUT2D eigenvalue weighted by atomic mass is 35.5. The maximum atomic E-state index is 12.1. The molecule has 20 heavy (non-hydrogen) atoms. The summed E-state index contributed by atoms with van der Waals surface area (Å²) in [5.41, 5.74) is 6.63. The van der Waals surface area contributed by atoms with E-state index in [1.54, 1.807) is 48.5 Å². The fraction of sp³-hybridized carbons (Fsp3) is 0.0667. The second-order valence-corrected chi connectivity index (χ2v) is 4.64. The fourth-order valence-electron chi connectivity index (χ4n) is 1.65. The fourth-order valence-corrected chi connectivity index (χ4v) is 1.78. The zero-order valence-electron chi connectivity index (χ0n) is 10.5. The molecule has 1 amide bonds. The van der Waals surface area contributed by atoms with Gasteiger partial charge in [0.05, 0.1) is 0 Å². The molecule has 1 atom stereocenters. The lowest BCUT2D eigenvalue weighted by Gasteiger charge is -2.11. The molecule has 0 aliphatic heterocycles. The Morgan fingerprint density at radius 1 is 1.00 bits per heavy atom. The predicted octanol–water partition coefficient (Wildman–Crippen LogP) is 2.49. The summed E-state index contributed by atoms with van der Waals surface area (Å²) in [4.78, 5) is 24.0. The highest BCUT2D eigenvalue weighted by molar-refractivity contribution is 6.30. The molecule has 3 N–H and O–H groups in total. The summed E-state index contributed by atoms with van der Waals surface area (Å²) >= 11 is 5.74. The lowest BCUT2D eigenvalue weighted by molar-refractivity contribution is -0.116. The Kier molecular flexibility index (Phi) is 4.50. The van der Waals surface area contributed by atoms with Crippen LogP contribution in [0.5, 0.6) is 0 Å². The van der Waals surface area contributed by atoms with Gasteiger partial charge in [0.15, 0.2) is 5.78 Å². The third kappa shape index (κ3) is 3.44. The molecule has 4 nitrogen and oxygen atoms in total. The molecule has 0 aliphatic carbocycles. The maximum Gasteiger partial charge on any atom is 0.249 e. The Hall–Kier alpha value is -2.17.